The Balaban J connectivity index is 1.50. The van der Waals surface area contributed by atoms with Crippen molar-refractivity contribution in [3.8, 4) is 11.5 Å². The lowest BCUT2D eigenvalue weighted by molar-refractivity contribution is -0.132. The Morgan fingerprint density at radius 1 is 1.07 bits per heavy atom. The molecular weight excluding hydrogens is 394 g/mol. The number of aromatic nitrogens is 1. The van der Waals surface area contributed by atoms with Crippen LogP contribution in [0.5, 0.6) is 11.5 Å². The summed E-state index contributed by atoms with van der Waals surface area (Å²) in [7, 11) is 0. The van der Waals surface area contributed by atoms with E-state index in [4.69, 9.17) is 21.1 Å². The van der Waals surface area contributed by atoms with E-state index >= 15 is 0 Å². The van der Waals surface area contributed by atoms with Gasteiger partial charge in [-0.3, -0.25) is 20.4 Å². The van der Waals surface area contributed by atoms with Gasteiger partial charge in [-0.05, 0) is 61.7 Å². The predicted octanol–water partition coefficient (Wildman–Crippen LogP) is 3.31. The number of hydrazine groups is 1. The van der Waals surface area contributed by atoms with Gasteiger partial charge < -0.3 is 14.0 Å². The number of fused-ring (bicyclic) bond motifs is 1. The maximum atomic E-state index is 12.2. The van der Waals surface area contributed by atoms with E-state index in [9.17, 15) is 9.59 Å². The summed E-state index contributed by atoms with van der Waals surface area (Å²) in [5, 5.41) is 1.56. The number of carbonyl (C=O) groups excluding carboxylic acids is 2. The molecule has 0 saturated heterocycles. The molecule has 8 heteroatoms. The molecule has 0 spiro atoms. The number of benzene rings is 2. The second-order valence-electron chi connectivity index (χ2n) is 6.35. The molecule has 0 aliphatic carbocycles. The van der Waals surface area contributed by atoms with Crippen LogP contribution in [0.25, 0.3) is 10.9 Å². The summed E-state index contributed by atoms with van der Waals surface area (Å²) in [5.74, 6) is 0.415. The van der Waals surface area contributed by atoms with Crippen LogP contribution in [0.15, 0.2) is 54.7 Å². The van der Waals surface area contributed by atoms with Crippen molar-refractivity contribution in [3.05, 3.63) is 59.8 Å². The van der Waals surface area contributed by atoms with Crippen LogP contribution in [-0.4, -0.2) is 29.1 Å². The zero-order valence-electron chi connectivity index (χ0n) is 16.1. The summed E-state index contributed by atoms with van der Waals surface area (Å²) in [5.41, 5.74) is 5.62. The van der Waals surface area contributed by atoms with Crippen molar-refractivity contribution in [3.63, 3.8) is 0 Å². The highest BCUT2D eigenvalue weighted by Crippen LogP contribution is 2.20. The molecule has 0 aliphatic heterocycles. The normalized spacial score (nSPS) is 11.7. The number of ether oxygens (including phenoxy) is 2. The van der Waals surface area contributed by atoms with E-state index in [0.29, 0.717) is 17.4 Å². The molecule has 0 bridgehead atoms. The van der Waals surface area contributed by atoms with Crippen LogP contribution in [0, 0.1) is 0 Å². The van der Waals surface area contributed by atoms with Crippen molar-refractivity contribution in [1.82, 2.24) is 15.4 Å². The average Bonchev–Trinajstić information content (AvgIpc) is 3.09. The molecule has 7 nitrogen and oxygen atoms in total. The number of nitrogens with one attached hydrogen (secondary N) is 2. The lowest BCUT2D eigenvalue weighted by Gasteiger charge is -2.15. The maximum Gasteiger partial charge on any atom is 0.279 e. The number of rotatable bonds is 7. The van der Waals surface area contributed by atoms with E-state index in [0.717, 1.165) is 16.7 Å². The van der Waals surface area contributed by atoms with E-state index in [1.165, 1.54) is 0 Å². The second-order valence-corrected chi connectivity index (χ2v) is 6.79. The minimum atomic E-state index is -0.792. The molecule has 29 heavy (non-hydrogen) atoms. The van der Waals surface area contributed by atoms with Gasteiger partial charge in [-0.2, -0.15) is 0 Å². The molecule has 0 aliphatic rings. The van der Waals surface area contributed by atoms with Crippen LogP contribution in [0.2, 0.25) is 5.02 Å². The first kappa shape index (κ1) is 20.5. The monoisotopic (exact) mass is 415 g/mol. The van der Waals surface area contributed by atoms with Gasteiger partial charge in [-0.25, -0.2) is 0 Å². The highest BCUT2D eigenvalue weighted by atomic mass is 35.5. The molecule has 2 N–H and O–H groups in total. The van der Waals surface area contributed by atoms with Crippen molar-refractivity contribution in [2.75, 3.05) is 6.61 Å². The van der Waals surface area contributed by atoms with Gasteiger partial charge in [0.1, 0.15) is 18.0 Å². The van der Waals surface area contributed by atoms with E-state index < -0.39 is 12.0 Å². The summed E-state index contributed by atoms with van der Waals surface area (Å²) in [6, 6.07) is 14.3. The van der Waals surface area contributed by atoms with Gasteiger partial charge in [0.2, 0.25) is 0 Å². The van der Waals surface area contributed by atoms with Crippen LogP contribution >= 0.6 is 11.6 Å². The Morgan fingerprint density at radius 3 is 2.52 bits per heavy atom. The molecule has 1 atom stereocenters. The molecular formula is C21H22ClN3O4. The predicted molar refractivity (Wildman–Crippen MR) is 111 cm³/mol. The van der Waals surface area contributed by atoms with Gasteiger partial charge in [0.05, 0.1) is 6.61 Å². The third-order valence-electron chi connectivity index (χ3n) is 4.19. The summed E-state index contributed by atoms with van der Waals surface area (Å²) < 4.78 is 12.7. The molecule has 152 valence electrons. The lowest BCUT2D eigenvalue weighted by Crippen LogP contribution is -2.48. The van der Waals surface area contributed by atoms with E-state index in [-0.39, 0.29) is 12.5 Å². The zero-order chi connectivity index (χ0) is 20.8. The maximum absolute atomic E-state index is 12.2. The molecule has 1 aromatic heterocycles. The van der Waals surface area contributed by atoms with E-state index in [2.05, 4.69) is 10.9 Å². The third-order valence-corrected chi connectivity index (χ3v) is 4.43. The van der Waals surface area contributed by atoms with Gasteiger partial charge >= 0.3 is 0 Å². The van der Waals surface area contributed by atoms with Crippen LogP contribution in [-0.2, 0) is 16.1 Å². The molecule has 0 saturated carbocycles. The summed E-state index contributed by atoms with van der Waals surface area (Å²) in [6.07, 6.45) is 1.000. The number of hydrogen-bond acceptors (Lipinski definition) is 4. The molecule has 0 fully saturated rings. The molecule has 2 amide bonds. The largest absolute Gasteiger partial charge is 0.494 e. The number of halogens is 1. The molecule has 3 aromatic rings. The Kier molecular flexibility index (Phi) is 6.61. The van der Waals surface area contributed by atoms with Crippen LogP contribution in [0.1, 0.15) is 13.8 Å². The Bertz CT molecular complexity index is 1000. The van der Waals surface area contributed by atoms with Crippen molar-refractivity contribution in [2.45, 2.75) is 26.5 Å². The quantitative estimate of drug-likeness (QED) is 0.580. The Labute approximate surface area is 173 Å². The van der Waals surface area contributed by atoms with Gasteiger partial charge in [0.25, 0.3) is 11.8 Å². The van der Waals surface area contributed by atoms with Crippen molar-refractivity contribution in [1.29, 1.82) is 0 Å². The second kappa shape index (κ2) is 9.34. The minimum Gasteiger partial charge on any atom is -0.494 e. The summed E-state index contributed by atoms with van der Waals surface area (Å²) >= 11 is 6.02. The van der Waals surface area contributed by atoms with Gasteiger partial charge in [0, 0.05) is 16.7 Å². The Morgan fingerprint density at radius 2 is 1.79 bits per heavy atom. The van der Waals surface area contributed by atoms with Crippen LogP contribution < -0.4 is 20.3 Å². The average molecular weight is 416 g/mol. The van der Waals surface area contributed by atoms with Gasteiger partial charge in [-0.15, -0.1) is 0 Å². The molecule has 3 rings (SSSR count). The summed E-state index contributed by atoms with van der Waals surface area (Å²) in [4.78, 5) is 24.4. The third kappa shape index (κ3) is 5.42. The standard InChI is InChI=1S/C21H22ClN3O4/c1-3-28-17-6-8-18(9-7-17)29-14(2)21(27)24-23-20(26)13-25-11-10-15-4-5-16(22)12-19(15)25/h4-12,14H,3,13H2,1-2H3,(H,23,26)(H,24,27). The number of carbonyl (C=O) groups is 2. The minimum absolute atomic E-state index is 0.0399. The zero-order valence-corrected chi connectivity index (χ0v) is 16.9. The van der Waals surface area contributed by atoms with Crippen LogP contribution in [0.3, 0.4) is 0 Å². The molecule has 0 radical (unpaired) electrons. The smallest absolute Gasteiger partial charge is 0.279 e. The van der Waals surface area contributed by atoms with Crippen molar-refractivity contribution in [2.24, 2.45) is 0 Å². The summed E-state index contributed by atoms with van der Waals surface area (Å²) in [6.45, 7) is 4.11. The first-order valence-electron chi connectivity index (χ1n) is 9.19. The topological polar surface area (TPSA) is 81.6 Å². The fourth-order valence-corrected chi connectivity index (χ4v) is 2.93. The number of amides is 2. The van der Waals surface area contributed by atoms with E-state index in [1.54, 1.807) is 54.1 Å². The van der Waals surface area contributed by atoms with Crippen LogP contribution in [0.4, 0.5) is 0 Å². The lowest BCUT2D eigenvalue weighted by atomic mass is 10.2. The highest BCUT2D eigenvalue weighted by molar-refractivity contribution is 6.31. The number of hydrogen-bond donors (Lipinski definition) is 2. The first-order valence-corrected chi connectivity index (χ1v) is 9.56. The fourth-order valence-electron chi connectivity index (χ4n) is 2.76. The molecule has 1 heterocycles. The van der Waals surface area contributed by atoms with E-state index in [1.807, 2.05) is 19.1 Å². The Hall–Kier alpha value is -3.19. The van der Waals surface area contributed by atoms with Crippen molar-refractivity contribution >= 4 is 34.3 Å². The molecule has 2 aromatic carbocycles. The molecule has 1 unspecified atom stereocenters. The van der Waals surface area contributed by atoms with Crippen molar-refractivity contribution < 1.29 is 19.1 Å². The highest BCUT2D eigenvalue weighted by Gasteiger charge is 2.16. The number of nitrogens with zero attached hydrogens (tertiary/aromatic N) is 1. The first-order chi connectivity index (χ1) is 14.0. The SMILES string of the molecule is CCOc1ccc(OC(C)C(=O)NNC(=O)Cn2ccc3ccc(Cl)cc32)cc1. The fraction of sp³-hybridized carbons (Fsp3) is 0.238. The van der Waals surface area contributed by atoms with Gasteiger partial charge in [0.15, 0.2) is 6.10 Å². The van der Waals surface area contributed by atoms with Gasteiger partial charge in [-0.1, -0.05) is 17.7 Å².